The van der Waals surface area contributed by atoms with Crippen molar-refractivity contribution in [1.82, 2.24) is 9.88 Å². The molecule has 0 radical (unpaired) electrons. The molecule has 1 saturated heterocycles. The third kappa shape index (κ3) is 3.82. The number of pyridine rings is 1. The summed E-state index contributed by atoms with van der Waals surface area (Å²) >= 11 is 0. The lowest BCUT2D eigenvalue weighted by atomic mass is 10.1. The van der Waals surface area contributed by atoms with Gasteiger partial charge in [-0.05, 0) is 12.8 Å². The summed E-state index contributed by atoms with van der Waals surface area (Å²) in [4.78, 5) is 27.2. The van der Waals surface area contributed by atoms with Gasteiger partial charge in [0.15, 0.2) is 5.75 Å². The first-order valence-corrected chi connectivity index (χ1v) is 6.35. The third-order valence-corrected chi connectivity index (χ3v) is 3.21. The fourth-order valence-corrected chi connectivity index (χ4v) is 2.26. The topological polar surface area (TPSA) is 82.6 Å². The van der Waals surface area contributed by atoms with Crippen molar-refractivity contribution in [3.8, 4) is 5.75 Å². The summed E-state index contributed by atoms with van der Waals surface area (Å²) in [6, 6.07) is 1.41. The summed E-state index contributed by atoms with van der Waals surface area (Å²) in [7, 11) is 0. The van der Waals surface area contributed by atoms with E-state index in [1.807, 2.05) is 0 Å². The molecule has 0 atom stereocenters. The Morgan fingerprint density at radius 3 is 2.79 bits per heavy atom. The zero-order valence-electron chi connectivity index (χ0n) is 10.9. The molecular formula is C13H18N2O4. The van der Waals surface area contributed by atoms with Gasteiger partial charge in [0.1, 0.15) is 6.10 Å². The molecule has 1 aromatic heterocycles. The number of aromatic amines is 1. The van der Waals surface area contributed by atoms with E-state index in [4.69, 9.17) is 9.84 Å². The number of nitrogens with zero attached hydrogens (tertiary/aromatic N) is 1. The van der Waals surface area contributed by atoms with Crippen LogP contribution in [0.5, 0.6) is 5.75 Å². The van der Waals surface area contributed by atoms with E-state index in [2.05, 4.69) is 9.88 Å². The van der Waals surface area contributed by atoms with Crippen molar-refractivity contribution >= 4 is 5.97 Å². The molecule has 6 heteroatoms. The molecule has 0 spiro atoms. The molecule has 1 aromatic rings. The molecule has 0 saturated carbocycles. The number of piperidine rings is 1. The van der Waals surface area contributed by atoms with Gasteiger partial charge in [-0.3, -0.25) is 14.5 Å². The molecule has 1 aliphatic heterocycles. The van der Waals surface area contributed by atoms with Crippen LogP contribution in [0.4, 0.5) is 0 Å². The van der Waals surface area contributed by atoms with Crippen LogP contribution in [0, 0.1) is 0 Å². The third-order valence-electron chi connectivity index (χ3n) is 3.21. The maximum Gasteiger partial charge on any atom is 0.302 e. The van der Waals surface area contributed by atoms with E-state index in [9.17, 15) is 9.59 Å². The SMILES string of the molecule is CC(=O)OC1CCN(Cc2cc(=O)c(O)c[nH]2)CC1. The maximum absolute atomic E-state index is 11.3. The highest BCUT2D eigenvalue weighted by Crippen LogP contribution is 2.15. The number of carbonyl (C=O) groups is 1. The van der Waals surface area contributed by atoms with Crippen molar-refractivity contribution in [3.05, 3.63) is 28.2 Å². The Bertz CT molecular complexity index is 504. The van der Waals surface area contributed by atoms with E-state index in [0.717, 1.165) is 31.6 Å². The molecule has 0 aromatic carbocycles. The Labute approximate surface area is 111 Å². The molecule has 2 rings (SSSR count). The first kappa shape index (κ1) is 13.6. The van der Waals surface area contributed by atoms with Crippen molar-refractivity contribution < 1.29 is 14.6 Å². The summed E-state index contributed by atoms with van der Waals surface area (Å²) in [5.41, 5.74) is 0.400. The number of ether oxygens (including phenoxy) is 1. The molecule has 2 heterocycles. The molecule has 104 valence electrons. The second kappa shape index (κ2) is 5.88. The van der Waals surface area contributed by atoms with Gasteiger partial charge in [-0.2, -0.15) is 0 Å². The number of rotatable bonds is 3. The summed E-state index contributed by atoms with van der Waals surface area (Å²) in [6.07, 6.45) is 2.93. The van der Waals surface area contributed by atoms with Gasteiger partial charge in [0, 0.05) is 44.5 Å². The minimum atomic E-state index is -0.372. The van der Waals surface area contributed by atoms with Gasteiger partial charge in [0.05, 0.1) is 0 Å². The summed E-state index contributed by atoms with van der Waals surface area (Å²) in [5.74, 6) is -0.501. The fraction of sp³-hybridized carbons (Fsp3) is 0.538. The summed E-state index contributed by atoms with van der Waals surface area (Å²) < 4.78 is 5.17. The van der Waals surface area contributed by atoms with Crippen LogP contribution >= 0.6 is 0 Å². The molecule has 2 N–H and O–H groups in total. The smallest absolute Gasteiger partial charge is 0.302 e. The molecule has 0 aliphatic carbocycles. The van der Waals surface area contributed by atoms with Crippen LogP contribution in [-0.2, 0) is 16.1 Å². The highest BCUT2D eigenvalue weighted by molar-refractivity contribution is 5.66. The molecule has 0 bridgehead atoms. The number of likely N-dealkylation sites (tertiary alicyclic amines) is 1. The van der Waals surface area contributed by atoms with Gasteiger partial charge in [-0.1, -0.05) is 0 Å². The van der Waals surface area contributed by atoms with E-state index in [-0.39, 0.29) is 23.3 Å². The minimum Gasteiger partial charge on any atom is -0.503 e. The van der Waals surface area contributed by atoms with Crippen LogP contribution in [0.3, 0.4) is 0 Å². The van der Waals surface area contributed by atoms with Crippen LogP contribution < -0.4 is 5.43 Å². The normalized spacial score (nSPS) is 17.3. The number of carbonyl (C=O) groups excluding carboxylic acids is 1. The Morgan fingerprint density at radius 2 is 2.21 bits per heavy atom. The predicted molar refractivity (Wildman–Crippen MR) is 68.8 cm³/mol. The highest BCUT2D eigenvalue weighted by atomic mass is 16.5. The zero-order valence-corrected chi connectivity index (χ0v) is 10.9. The second-order valence-electron chi connectivity index (χ2n) is 4.79. The first-order valence-electron chi connectivity index (χ1n) is 6.35. The van der Waals surface area contributed by atoms with E-state index in [0.29, 0.717) is 6.54 Å². The van der Waals surface area contributed by atoms with Crippen LogP contribution in [0.25, 0.3) is 0 Å². The number of hydrogen-bond donors (Lipinski definition) is 2. The monoisotopic (exact) mass is 266 g/mol. The first-order chi connectivity index (χ1) is 9.04. The van der Waals surface area contributed by atoms with E-state index >= 15 is 0 Å². The number of H-pyrrole nitrogens is 1. The van der Waals surface area contributed by atoms with Crippen molar-refractivity contribution in [1.29, 1.82) is 0 Å². The summed E-state index contributed by atoms with van der Waals surface area (Å²) in [5, 5.41) is 9.16. The largest absolute Gasteiger partial charge is 0.503 e. The van der Waals surface area contributed by atoms with Gasteiger partial charge < -0.3 is 14.8 Å². The zero-order chi connectivity index (χ0) is 13.8. The van der Waals surface area contributed by atoms with Crippen LogP contribution in [0.2, 0.25) is 0 Å². The van der Waals surface area contributed by atoms with Gasteiger partial charge in [0.25, 0.3) is 0 Å². The molecule has 19 heavy (non-hydrogen) atoms. The van der Waals surface area contributed by atoms with Crippen LogP contribution in [0.15, 0.2) is 17.1 Å². The van der Waals surface area contributed by atoms with Crippen LogP contribution in [-0.4, -0.2) is 40.2 Å². The van der Waals surface area contributed by atoms with Crippen molar-refractivity contribution in [2.75, 3.05) is 13.1 Å². The highest BCUT2D eigenvalue weighted by Gasteiger charge is 2.21. The number of nitrogens with one attached hydrogen (secondary N) is 1. The maximum atomic E-state index is 11.3. The van der Waals surface area contributed by atoms with Gasteiger partial charge in [-0.25, -0.2) is 0 Å². The molecule has 1 fully saturated rings. The Kier molecular flexibility index (Phi) is 4.21. The lowest BCUT2D eigenvalue weighted by Crippen LogP contribution is -2.37. The predicted octanol–water partition coefficient (Wildman–Crippen LogP) is 0.608. The quantitative estimate of drug-likeness (QED) is 0.783. The Morgan fingerprint density at radius 1 is 1.53 bits per heavy atom. The number of aromatic nitrogens is 1. The van der Waals surface area contributed by atoms with E-state index in [1.165, 1.54) is 19.2 Å². The number of aromatic hydroxyl groups is 1. The van der Waals surface area contributed by atoms with E-state index in [1.54, 1.807) is 0 Å². The van der Waals surface area contributed by atoms with Gasteiger partial charge in [0.2, 0.25) is 5.43 Å². The lowest BCUT2D eigenvalue weighted by Gasteiger charge is -2.31. The Balaban J connectivity index is 1.87. The second-order valence-corrected chi connectivity index (χ2v) is 4.79. The lowest BCUT2D eigenvalue weighted by molar-refractivity contribution is -0.148. The molecule has 0 amide bonds. The summed E-state index contributed by atoms with van der Waals surface area (Å²) in [6.45, 7) is 3.69. The van der Waals surface area contributed by atoms with Crippen LogP contribution in [0.1, 0.15) is 25.5 Å². The molecule has 0 unspecified atom stereocenters. The number of esters is 1. The minimum absolute atomic E-state index is 0.00705. The molecular weight excluding hydrogens is 248 g/mol. The van der Waals surface area contributed by atoms with Crippen molar-refractivity contribution in [3.63, 3.8) is 0 Å². The average molecular weight is 266 g/mol. The number of hydrogen-bond acceptors (Lipinski definition) is 5. The Hall–Kier alpha value is -1.82. The molecule has 1 aliphatic rings. The molecule has 6 nitrogen and oxygen atoms in total. The van der Waals surface area contributed by atoms with Crippen molar-refractivity contribution in [2.24, 2.45) is 0 Å². The fourth-order valence-electron chi connectivity index (χ4n) is 2.26. The standard InChI is InChI=1S/C13H18N2O4/c1-9(16)19-11-2-4-15(5-3-11)8-10-6-12(17)13(18)7-14-10/h6-7,11,18H,2-5,8H2,1H3,(H,14,17). The van der Waals surface area contributed by atoms with Gasteiger partial charge in [-0.15, -0.1) is 0 Å². The van der Waals surface area contributed by atoms with Crippen molar-refractivity contribution in [2.45, 2.75) is 32.4 Å². The van der Waals surface area contributed by atoms with Gasteiger partial charge >= 0.3 is 5.97 Å². The average Bonchev–Trinajstić information content (AvgIpc) is 2.36. The van der Waals surface area contributed by atoms with E-state index < -0.39 is 0 Å².